The van der Waals surface area contributed by atoms with Gasteiger partial charge in [0.1, 0.15) is 0 Å². The molecule has 0 saturated heterocycles. The summed E-state index contributed by atoms with van der Waals surface area (Å²) in [7, 11) is 0. The molecule has 1 aromatic heterocycles. The molecule has 0 radical (unpaired) electrons. The van der Waals surface area contributed by atoms with Crippen LogP contribution in [-0.4, -0.2) is 0 Å². The third-order valence-electron chi connectivity index (χ3n) is 2.51. The van der Waals surface area contributed by atoms with Gasteiger partial charge in [0.2, 0.25) is 0 Å². The van der Waals surface area contributed by atoms with Crippen molar-refractivity contribution in [3.05, 3.63) is 53.6 Å². The largest absolute Gasteiger partial charge is 0.416 e. The molecule has 0 amide bonds. The zero-order valence-electron chi connectivity index (χ0n) is 9.44. The van der Waals surface area contributed by atoms with Crippen LogP contribution < -0.4 is 0 Å². The van der Waals surface area contributed by atoms with Crippen LogP contribution in [0.25, 0.3) is 0 Å². The van der Waals surface area contributed by atoms with E-state index in [1.807, 2.05) is 0 Å². The first-order chi connectivity index (χ1) is 9.20. The quantitative estimate of drug-likeness (QED) is 0.406. The van der Waals surface area contributed by atoms with Crippen LogP contribution in [0.5, 0.6) is 0 Å². The third-order valence-corrected chi connectivity index (χ3v) is 6.37. The average Bonchev–Trinajstić information content (AvgIpc) is 2.68. The van der Waals surface area contributed by atoms with Crippen LogP contribution in [0.2, 0.25) is 5.02 Å². The van der Waals surface area contributed by atoms with Gasteiger partial charge < -0.3 is 0 Å². The second-order valence-electron chi connectivity index (χ2n) is 3.87. The molecular weight excluding hydrogens is 464 g/mol. The molecule has 1 unspecified atom stereocenters. The van der Waals surface area contributed by atoms with E-state index in [0.29, 0.717) is 23.7 Å². The molecule has 108 valence electrons. The predicted molar refractivity (Wildman–Crippen MR) is 83.9 cm³/mol. The standard InChI is InChI=1S/C12H5Br2Cl2F3S/c13-7-2-1-5(12(17,18)19)3-6(7)10(16)9-4-8(15)11(14)20-9/h1-4,10H. The first kappa shape index (κ1) is 16.6. The number of thiophene rings is 1. The maximum absolute atomic E-state index is 12.7. The van der Waals surface area contributed by atoms with Crippen LogP contribution in [0.1, 0.15) is 21.4 Å². The van der Waals surface area contributed by atoms with Gasteiger partial charge in [-0.3, -0.25) is 0 Å². The first-order valence-electron chi connectivity index (χ1n) is 5.15. The van der Waals surface area contributed by atoms with Gasteiger partial charge in [0.15, 0.2) is 0 Å². The van der Waals surface area contributed by atoms with E-state index in [2.05, 4.69) is 31.9 Å². The number of benzene rings is 1. The van der Waals surface area contributed by atoms with Gasteiger partial charge in [-0.2, -0.15) is 13.2 Å². The summed E-state index contributed by atoms with van der Waals surface area (Å²) in [5.74, 6) is 0. The molecule has 0 spiro atoms. The smallest absolute Gasteiger partial charge is 0.166 e. The minimum atomic E-state index is -4.40. The molecule has 0 aliphatic rings. The molecule has 0 nitrogen and oxygen atoms in total. The summed E-state index contributed by atoms with van der Waals surface area (Å²) in [5.41, 5.74) is -0.380. The lowest BCUT2D eigenvalue weighted by Gasteiger charge is -2.14. The van der Waals surface area contributed by atoms with Crippen LogP contribution in [0, 0.1) is 0 Å². The summed E-state index contributed by atoms with van der Waals surface area (Å²) in [6.07, 6.45) is -4.40. The van der Waals surface area contributed by atoms with Gasteiger partial charge in [-0.25, -0.2) is 0 Å². The molecule has 1 atom stereocenters. The molecule has 20 heavy (non-hydrogen) atoms. The lowest BCUT2D eigenvalue weighted by atomic mass is 10.1. The lowest BCUT2D eigenvalue weighted by molar-refractivity contribution is -0.137. The molecule has 0 fully saturated rings. The van der Waals surface area contributed by atoms with Gasteiger partial charge in [-0.15, -0.1) is 22.9 Å². The van der Waals surface area contributed by atoms with Gasteiger partial charge >= 0.3 is 6.18 Å². The Morgan fingerprint density at radius 1 is 1.15 bits per heavy atom. The number of hydrogen-bond acceptors (Lipinski definition) is 1. The molecule has 2 aromatic rings. The van der Waals surface area contributed by atoms with E-state index < -0.39 is 17.1 Å². The first-order valence-corrected chi connectivity index (χ1v) is 8.37. The molecular formula is C12H5Br2Cl2F3S. The Balaban J connectivity index is 2.46. The van der Waals surface area contributed by atoms with Gasteiger partial charge in [-0.05, 0) is 45.8 Å². The Morgan fingerprint density at radius 3 is 2.30 bits per heavy atom. The maximum atomic E-state index is 12.7. The highest BCUT2D eigenvalue weighted by Crippen LogP contribution is 2.43. The van der Waals surface area contributed by atoms with Crippen molar-refractivity contribution in [3.63, 3.8) is 0 Å². The van der Waals surface area contributed by atoms with Crippen molar-refractivity contribution >= 4 is 66.4 Å². The van der Waals surface area contributed by atoms with Crippen molar-refractivity contribution < 1.29 is 13.2 Å². The van der Waals surface area contributed by atoms with Crippen LogP contribution in [0.3, 0.4) is 0 Å². The van der Waals surface area contributed by atoms with Gasteiger partial charge in [0, 0.05) is 9.35 Å². The van der Waals surface area contributed by atoms with E-state index in [9.17, 15) is 13.2 Å². The van der Waals surface area contributed by atoms with Crippen LogP contribution in [0.15, 0.2) is 32.5 Å². The van der Waals surface area contributed by atoms with Crippen molar-refractivity contribution in [2.45, 2.75) is 11.6 Å². The van der Waals surface area contributed by atoms with Gasteiger partial charge in [-0.1, -0.05) is 27.5 Å². The summed E-state index contributed by atoms with van der Waals surface area (Å²) in [4.78, 5) is 0.670. The third kappa shape index (κ3) is 3.53. The number of hydrogen-bond donors (Lipinski definition) is 0. The second-order valence-corrected chi connectivity index (χ2v) is 7.97. The summed E-state index contributed by atoms with van der Waals surface area (Å²) in [5, 5.41) is -0.223. The predicted octanol–water partition coefficient (Wildman–Crippen LogP) is 7.27. The second kappa shape index (κ2) is 6.16. The number of rotatable bonds is 2. The summed E-state index contributed by atoms with van der Waals surface area (Å²) in [6.45, 7) is 0. The van der Waals surface area contributed by atoms with Crippen molar-refractivity contribution in [1.29, 1.82) is 0 Å². The Kier molecular flexibility index (Phi) is 5.12. The zero-order valence-corrected chi connectivity index (χ0v) is 14.9. The molecule has 0 N–H and O–H groups in total. The van der Waals surface area contributed by atoms with Crippen LogP contribution >= 0.6 is 66.4 Å². The summed E-state index contributed by atoms with van der Waals surface area (Å²) < 4.78 is 39.5. The van der Waals surface area contributed by atoms with Crippen LogP contribution in [0.4, 0.5) is 13.2 Å². The minimum Gasteiger partial charge on any atom is -0.166 e. The van der Waals surface area contributed by atoms with E-state index in [1.54, 1.807) is 6.07 Å². The van der Waals surface area contributed by atoms with Crippen molar-refractivity contribution in [2.75, 3.05) is 0 Å². The van der Waals surface area contributed by atoms with E-state index in [0.717, 1.165) is 12.1 Å². The van der Waals surface area contributed by atoms with E-state index >= 15 is 0 Å². The highest BCUT2D eigenvalue weighted by Gasteiger charge is 2.32. The SMILES string of the molecule is FC(F)(F)c1ccc(Br)c(C(Cl)c2cc(Cl)c(Br)s2)c1. The van der Waals surface area contributed by atoms with Gasteiger partial charge in [0.25, 0.3) is 0 Å². The van der Waals surface area contributed by atoms with Crippen LogP contribution in [-0.2, 0) is 6.18 Å². The lowest BCUT2D eigenvalue weighted by Crippen LogP contribution is -2.06. The number of halogens is 7. The van der Waals surface area contributed by atoms with E-state index in [-0.39, 0.29) is 0 Å². The fourth-order valence-corrected chi connectivity index (χ4v) is 4.28. The van der Waals surface area contributed by atoms with Crippen molar-refractivity contribution in [1.82, 2.24) is 0 Å². The molecule has 0 aliphatic carbocycles. The maximum Gasteiger partial charge on any atom is 0.416 e. The average molecular weight is 469 g/mol. The van der Waals surface area contributed by atoms with Crippen molar-refractivity contribution in [3.8, 4) is 0 Å². The molecule has 1 aromatic carbocycles. The van der Waals surface area contributed by atoms with Gasteiger partial charge in [0.05, 0.1) is 19.7 Å². The molecule has 1 heterocycles. The molecule has 2 rings (SSSR count). The normalized spacial score (nSPS) is 13.6. The molecule has 0 saturated carbocycles. The summed E-state index contributed by atoms with van der Waals surface area (Å²) >= 11 is 20.0. The number of alkyl halides is 4. The van der Waals surface area contributed by atoms with E-state index in [4.69, 9.17) is 23.2 Å². The fraction of sp³-hybridized carbons (Fsp3) is 0.167. The van der Waals surface area contributed by atoms with E-state index in [1.165, 1.54) is 17.4 Å². The minimum absolute atomic E-state index is 0.354. The molecule has 8 heteroatoms. The fourth-order valence-electron chi connectivity index (χ4n) is 1.56. The Hall–Kier alpha value is 0.250. The topological polar surface area (TPSA) is 0 Å². The molecule has 0 bridgehead atoms. The Bertz CT molecular complexity index is 621. The van der Waals surface area contributed by atoms with Crippen molar-refractivity contribution in [2.24, 2.45) is 0 Å². The highest BCUT2D eigenvalue weighted by molar-refractivity contribution is 9.11. The monoisotopic (exact) mass is 466 g/mol. The highest BCUT2D eigenvalue weighted by atomic mass is 79.9. The Morgan fingerprint density at radius 2 is 1.80 bits per heavy atom. The molecule has 0 aliphatic heterocycles. The zero-order chi connectivity index (χ0) is 15.1. The Labute approximate surface area is 144 Å². The summed E-state index contributed by atoms with van der Waals surface area (Å²) in [6, 6.07) is 5.04.